The highest BCUT2D eigenvalue weighted by Gasteiger charge is 2.26. The highest BCUT2D eigenvalue weighted by Crippen LogP contribution is 2.34. The molecule has 0 fully saturated rings. The number of methoxy groups -OCH3 is 1. The van der Waals surface area contributed by atoms with E-state index in [2.05, 4.69) is 10.3 Å². The Bertz CT molecular complexity index is 1070. The van der Waals surface area contributed by atoms with Crippen LogP contribution in [0.5, 0.6) is 17.2 Å². The number of ether oxygens (including phenoxy) is 3. The van der Waals surface area contributed by atoms with Gasteiger partial charge in [0.2, 0.25) is 0 Å². The molecule has 1 N–H and O–H groups in total. The fourth-order valence-electron chi connectivity index (χ4n) is 3.16. The molecule has 1 aliphatic rings. The summed E-state index contributed by atoms with van der Waals surface area (Å²) >= 11 is 0. The highest BCUT2D eigenvalue weighted by molar-refractivity contribution is 6.05. The van der Waals surface area contributed by atoms with Crippen LogP contribution in [0.2, 0.25) is 0 Å². The van der Waals surface area contributed by atoms with Crippen LogP contribution in [0.3, 0.4) is 0 Å². The Morgan fingerprint density at radius 2 is 1.84 bits per heavy atom. The first-order valence-electron chi connectivity index (χ1n) is 9.69. The molecule has 3 aromatic rings. The smallest absolute Gasteiger partial charge is 0.265 e. The maximum atomic E-state index is 12.5. The van der Waals surface area contributed by atoms with Crippen LogP contribution in [0.1, 0.15) is 10.4 Å². The van der Waals surface area contributed by atoms with Crippen molar-refractivity contribution in [1.82, 2.24) is 4.98 Å². The van der Waals surface area contributed by atoms with E-state index in [1.54, 1.807) is 66.9 Å². The van der Waals surface area contributed by atoms with E-state index in [0.717, 1.165) is 5.75 Å². The van der Waals surface area contributed by atoms with E-state index in [0.29, 0.717) is 41.6 Å². The number of amides is 2. The molecule has 2 heterocycles. The molecule has 2 aromatic carbocycles. The van der Waals surface area contributed by atoms with Crippen molar-refractivity contribution in [2.24, 2.45) is 0 Å². The number of carbonyl (C=O) groups excluding carboxylic acids is 2. The van der Waals surface area contributed by atoms with Gasteiger partial charge in [-0.15, -0.1) is 0 Å². The van der Waals surface area contributed by atoms with Gasteiger partial charge in [-0.05, 0) is 54.6 Å². The van der Waals surface area contributed by atoms with E-state index >= 15 is 0 Å². The molecule has 0 saturated heterocycles. The van der Waals surface area contributed by atoms with Gasteiger partial charge >= 0.3 is 0 Å². The number of hydrogen-bond donors (Lipinski definition) is 1. The minimum absolute atomic E-state index is 0.0434. The lowest BCUT2D eigenvalue weighted by Gasteiger charge is -2.29. The van der Waals surface area contributed by atoms with Crippen LogP contribution in [0, 0.1) is 0 Å². The third-order valence-electron chi connectivity index (χ3n) is 4.75. The zero-order chi connectivity index (χ0) is 21.6. The molecule has 1 aliphatic heterocycles. The minimum atomic E-state index is -0.264. The van der Waals surface area contributed by atoms with Crippen molar-refractivity contribution >= 4 is 23.2 Å². The number of aromatic nitrogens is 1. The van der Waals surface area contributed by atoms with Gasteiger partial charge in [0.25, 0.3) is 11.8 Å². The van der Waals surface area contributed by atoms with Crippen LogP contribution in [0.25, 0.3) is 0 Å². The molecular formula is C23H21N3O5. The third kappa shape index (κ3) is 4.75. The molecule has 31 heavy (non-hydrogen) atoms. The lowest BCUT2D eigenvalue weighted by molar-refractivity contribution is -0.121. The summed E-state index contributed by atoms with van der Waals surface area (Å²) in [6.45, 7) is 0.590. The van der Waals surface area contributed by atoms with Crippen LogP contribution >= 0.6 is 0 Å². The minimum Gasteiger partial charge on any atom is -0.497 e. The second kappa shape index (κ2) is 9.17. The number of pyridine rings is 1. The Morgan fingerprint density at radius 3 is 2.58 bits per heavy atom. The van der Waals surface area contributed by atoms with Crippen LogP contribution in [0.4, 0.5) is 11.4 Å². The topological polar surface area (TPSA) is 90.0 Å². The Morgan fingerprint density at radius 1 is 1.10 bits per heavy atom. The zero-order valence-electron chi connectivity index (χ0n) is 16.9. The first-order chi connectivity index (χ1) is 15.1. The van der Waals surface area contributed by atoms with Crippen molar-refractivity contribution in [2.75, 3.05) is 37.1 Å². The lowest BCUT2D eigenvalue weighted by Crippen LogP contribution is -2.41. The number of rotatable bonds is 7. The van der Waals surface area contributed by atoms with Crippen molar-refractivity contribution in [1.29, 1.82) is 0 Å². The molecule has 8 nitrogen and oxygen atoms in total. The monoisotopic (exact) mass is 419 g/mol. The molecule has 0 radical (unpaired) electrons. The summed E-state index contributed by atoms with van der Waals surface area (Å²) in [6.07, 6.45) is 3.11. The first kappa shape index (κ1) is 20.2. The van der Waals surface area contributed by atoms with Gasteiger partial charge in [0.1, 0.15) is 23.9 Å². The molecule has 0 saturated carbocycles. The van der Waals surface area contributed by atoms with E-state index in [1.807, 2.05) is 12.1 Å². The fourth-order valence-corrected chi connectivity index (χ4v) is 3.16. The summed E-state index contributed by atoms with van der Waals surface area (Å²) in [6, 6.07) is 15.7. The van der Waals surface area contributed by atoms with Crippen LogP contribution < -0.4 is 24.4 Å². The predicted molar refractivity (Wildman–Crippen MR) is 115 cm³/mol. The van der Waals surface area contributed by atoms with Gasteiger partial charge in [-0.3, -0.25) is 14.6 Å². The second-order valence-electron chi connectivity index (χ2n) is 6.73. The van der Waals surface area contributed by atoms with E-state index in [1.165, 1.54) is 0 Å². The zero-order valence-corrected chi connectivity index (χ0v) is 16.9. The molecule has 2 amide bonds. The van der Waals surface area contributed by atoms with Gasteiger partial charge in [-0.1, -0.05) is 0 Å². The maximum absolute atomic E-state index is 12.5. The first-order valence-corrected chi connectivity index (χ1v) is 9.69. The van der Waals surface area contributed by atoms with Crippen LogP contribution in [-0.2, 0) is 4.79 Å². The molecule has 4 rings (SSSR count). The summed E-state index contributed by atoms with van der Waals surface area (Å²) in [5.41, 5.74) is 1.63. The van der Waals surface area contributed by atoms with Crippen molar-refractivity contribution in [3.63, 3.8) is 0 Å². The SMILES string of the molecule is COc1ccc(OCCN2C(=O)COc3ccc(NC(=O)c4ccncc4)cc32)cc1. The molecular weight excluding hydrogens is 398 g/mol. The van der Waals surface area contributed by atoms with Crippen molar-refractivity contribution in [3.8, 4) is 17.2 Å². The Kier molecular flexibility index (Phi) is 5.98. The van der Waals surface area contributed by atoms with Crippen molar-refractivity contribution in [3.05, 3.63) is 72.6 Å². The van der Waals surface area contributed by atoms with Crippen LogP contribution in [-0.4, -0.2) is 43.7 Å². The summed E-state index contributed by atoms with van der Waals surface area (Å²) in [4.78, 5) is 30.4. The molecule has 158 valence electrons. The summed E-state index contributed by atoms with van der Waals surface area (Å²) < 4.78 is 16.4. The lowest BCUT2D eigenvalue weighted by atomic mass is 10.2. The van der Waals surface area contributed by atoms with Gasteiger partial charge in [0, 0.05) is 23.6 Å². The third-order valence-corrected chi connectivity index (χ3v) is 4.75. The standard InChI is InChI=1S/C23H21N3O5/c1-29-18-3-5-19(6-4-18)30-13-12-26-20-14-17(2-7-21(20)31-15-22(26)27)25-23(28)16-8-10-24-11-9-16/h2-11,14H,12-13,15H2,1H3,(H,25,28). The average Bonchev–Trinajstić information content (AvgIpc) is 2.81. The quantitative estimate of drug-likeness (QED) is 0.633. The number of benzene rings is 2. The Hall–Kier alpha value is -4.07. The molecule has 8 heteroatoms. The van der Waals surface area contributed by atoms with E-state index < -0.39 is 0 Å². The Labute approximate surface area is 179 Å². The van der Waals surface area contributed by atoms with Gasteiger partial charge in [0.15, 0.2) is 6.61 Å². The van der Waals surface area contributed by atoms with Gasteiger partial charge in [-0.2, -0.15) is 0 Å². The number of nitrogens with zero attached hydrogens (tertiary/aromatic N) is 2. The second-order valence-corrected chi connectivity index (χ2v) is 6.73. The van der Waals surface area contributed by atoms with Crippen LogP contribution in [0.15, 0.2) is 67.0 Å². The molecule has 0 aliphatic carbocycles. The Balaban J connectivity index is 1.45. The molecule has 0 atom stereocenters. The maximum Gasteiger partial charge on any atom is 0.265 e. The van der Waals surface area contributed by atoms with Gasteiger partial charge in [0.05, 0.1) is 19.3 Å². The van der Waals surface area contributed by atoms with Gasteiger partial charge < -0.3 is 24.4 Å². The fraction of sp³-hybridized carbons (Fsp3) is 0.174. The molecule has 0 bridgehead atoms. The van der Waals surface area contributed by atoms with E-state index in [-0.39, 0.29) is 18.4 Å². The number of nitrogens with one attached hydrogen (secondary N) is 1. The van der Waals surface area contributed by atoms with E-state index in [4.69, 9.17) is 14.2 Å². The normalized spacial score (nSPS) is 12.5. The van der Waals surface area contributed by atoms with Gasteiger partial charge in [-0.25, -0.2) is 0 Å². The van der Waals surface area contributed by atoms with E-state index in [9.17, 15) is 9.59 Å². The molecule has 1 aromatic heterocycles. The molecule has 0 unspecified atom stereocenters. The average molecular weight is 419 g/mol. The largest absolute Gasteiger partial charge is 0.497 e. The van der Waals surface area contributed by atoms with Crippen molar-refractivity contribution in [2.45, 2.75) is 0 Å². The highest BCUT2D eigenvalue weighted by atomic mass is 16.5. The molecule has 0 spiro atoms. The number of carbonyl (C=O) groups is 2. The summed E-state index contributed by atoms with van der Waals surface area (Å²) in [5.74, 6) is 1.56. The number of hydrogen-bond acceptors (Lipinski definition) is 6. The number of fused-ring (bicyclic) bond motifs is 1. The number of anilines is 2. The summed E-state index contributed by atoms with van der Waals surface area (Å²) in [5, 5.41) is 2.83. The van der Waals surface area contributed by atoms with Crippen molar-refractivity contribution < 1.29 is 23.8 Å². The predicted octanol–water partition coefficient (Wildman–Crippen LogP) is 3.15. The summed E-state index contributed by atoms with van der Waals surface area (Å²) in [7, 11) is 1.60.